The van der Waals surface area contributed by atoms with Gasteiger partial charge in [0.15, 0.2) is 0 Å². The SMILES string of the molecule is O=C(CCCc1nc2ccccc2s1)N1CCN(c2ccccc2Cl)CC1. The predicted octanol–water partition coefficient (Wildman–Crippen LogP) is 4.62. The van der Waals surface area contributed by atoms with Crippen molar-refractivity contribution >= 4 is 44.7 Å². The van der Waals surface area contributed by atoms with Crippen molar-refractivity contribution in [3.05, 3.63) is 58.6 Å². The van der Waals surface area contributed by atoms with Gasteiger partial charge in [0.25, 0.3) is 0 Å². The van der Waals surface area contributed by atoms with E-state index < -0.39 is 0 Å². The molecule has 1 aliphatic heterocycles. The molecule has 140 valence electrons. The molecule has 0 atom stereocenters. The van der Waals surface area contributed by atoms with Crippen LogP contribution in [0.3, 0.4) is 0 Å². The summed E-state index contributed by atoms with van der Waals surface area (Å²) in [5, 5.41) is 1.89. The van der Waals surface area contributed by atoms with Gasteiger partial charge in [-0.3, -0.25) is 4.79 Å². The lowest BCUT2D eigenvalue weighted by Gasteiger charge is -2.36. The van der Waals surface area contributed by atoms with E-state index in [-0.39, 0.29) is 5.91 Å². The molecule has 0 N–H and O–H groups in total. The minimum atomic E-state index is 0.245. The first kappa shape index (κ1) is 18.3. The molecule has 1 aliphatic rings. The van der Waals surface area contributed by atoms with Crippen LogP contribution in [-0.4, -0.2) is 42.0 Å². The van der Waals surface area contributed by atoms with Crippen LogP contribution < -0.4 is 4.90 Å². The van der Waals surface area contributed by atoms with Gasteiger partial charge in [0.1, 0.15) is 0 Å². The summed E-state index contributed by atoms with van der Waals surface area (Å²) in [6.45, 7) is 3.16. The molecule has 1 amide bonds. The number of aromatic nitrogens is 1. The van der Waals surface area contributed by atoms with Crippen LogP contribution in [0.25, 0.3) is 10.2 Å². The second-order valence-corrected chi connectivity index (χ2v) is 8.27. The molecule has 0 bridgehead atoms. The van der Waals surface area contributed by atoms with Crippen LogP contribution in [0.2, 0.25) is 5.02 Å². The molecule has 3 aromatic rings. The van der Waals surface area contributed by atoms with E-state index in [1.54, 1.807) is 11.3 Å². The predicted molar refractivity (Wildman–Crippen MR) is 113 cm³/mol. The monoisotopic (exact) mass is 399 g/mol. The average Bonchev–Trinajstić information content (AvgIpc) is 3.11. The summed E-state index contributed by atoms with van der Waals surface area (Å²) in [6.07, 6.45) is 2.30. The number of halogens is 1. The van der Waals surface area contributed by atoms with Crippen LogP contribution in [0.4, 0.5) is 5.69 Å². The number of rotatable bonds is 5. The normalized spacial score (nSPS) is 14.7. The van der Waals surface area contributed by atoms with Crippen LogP contribution in [0.15, 0.2) is 48.5 Å². The number of amides is 1. The highest BCUT2D eigenvalue weighted by Crippen LogP contribution is 2.26. The third-order valence-electron chi connectivity index (χ3n) is 4.94. The quantitative estimate of drug-likeness (QED) is 0.628. The van der Waals surface area contributed by atoms with Crippen LogP contribution in [0.1, 0.15) is 17.8 Å². The molecule has 0 spiro atoms. The number of para-hydroxylation sites is 2. The number of thiazole rings is 1. The van der Waals surface area contributed by atoms with Crippen LogP contribution in [-0.2, 0) is 11.2 Å². The molecule has 2 aromatic carbocycles. The number of hydrogen-bond donors (Lipinski definition) is 0. The van der Waals surface area contributed by atoms with Gasteiger partial charge in [-0.1, -0.05) is 35.9 Å². The smallest absolute Gasteiger partial charge is 0.222 e. The molecule has 1 aromatic heterocycles. The van der Waals surface area contributed by atoms with Gasteiger partial charge in [-0.15, -0.1) is 11.3 Å². The Morgan fingerprint density at radius 3 is 2.56 bits per heavy atom. The minimum absolute atomic E-state index is 0.245. The standard InChI is InChI=1S/C21H22ClN3OS/c22-16-6-1-3-8-18(16)24-12-14-25(15-13-24)21(26)11-5-10-20-23-17-7-2-4-9-19(17)27-20/h1-4,6-9H,5,10-15H2. The zero-order valence-electron chi connectivity index (χ0n) is 15.1. The second kappa shape index (κ2) is 8.28. The lowest BCUT2D eigenvalue weighted by atomic mass is 10.2. The van der Waals surface area contributed by atoms with Crippen molar-refractivity contribution in [3.63, 3.8) is 0 Å². The zero-order valence-corrected chi connectivity index (χ0v) is 16.7. The summed E-state index contributed by atoms with van der Waals surface area (Å²) in [4.78, 5) is 21.4. The maximum atomic E-state index is 12.5. The van der Waals surface area contributed by atoms with E-state index >= 15 is 0 Å². The number of carbonyl (C=O) groups excluding carboxylic acids is 1. The van der Waals surface area contributed by atoms with E-state index in [2.05, 4.69) is 16.0 Å². The van der Waals surface area contributed by atoms with E-state index in [9.17, 15) is 4.79 Å². The first-order valence-corrected chi connectivity index (χ1v) is 10.5. The summed E-state index contributed by atoms with van der Waals surface area (Å²) < 4.78 is 1.22. The van der Waals surface area contributed by atoms with Crippen LogP contribution >= 0.6 is 22.9 Å². The van der Waals surface area contributed by atoms with Crippen LogP contribution in [0, 0.1) is 0 Å². The molecule has 1 fully saturated rings. The van der Waals surface area contributed by atoms with Crippen molar-refractivity contribution in [1.82, 2.24) is 9.88 Å². The van der Waals surface area contributed by atoms with Crippen LogP contribution in [0.5, 0.6) is 0 Å². The van der Waals surface area contributed by atoms with Crippen molar-refractivity contribution in [3.8, 4) is 0 Å². The number of benzene rings is 2. The Bertz CT molecular complexity index is 901. The Morgan fingerprint density at radius 2 is 1.78 bits per heavy atom. The fourth-order valence-electron chi connectivity index (χ4n) is 3.48. The Labute approximate surface area is 168 Å². The van der Waals surface area contributed by atoms with E-state index in [0.29, 0.717) is 6.42 Å². The van der Waals surface area contributed by atoms with E-state index in [1.165, 1.54) is 4.70 Å². The molecule has 4 rings (SSSR count). The fraction of sp³-hybridized carbons (Fsp3) is 0.333. The van der Waals surface area contributed by atoms with Gasteiger partial charge >= 0.3 is 0 Å². The third kappa shape index (κ3) is 4.25. The number of fused-ring (bicyclic) bond motifs is 1. The number of nitrogens with zero attached hydrogens (tertiary/aromatic N) is 3. The Kier molecular flexibility index (Phi) is 5.60. The topological polar surface area (TPSA) is 36.4 Å². The zero-order chi connectivity index (χ0) is 18.6. The Morgan fingerprint density at radius 1 is 1.04 bits per heavy atom. The van der Waals surface area contributed by atoms with Gasteiger partial charge in [-0.2, -0.15) is 0 Å². The Hall–Kier alpha value is -2.11. The number of piperazine rings is 1. The lowest BCUT2D eigenvalue weighted by Crippen LogP contribution is -2.48. The molecule has 1 saturated heterocycles. The maximum Gasteiger partial charge on any atom is 0.222 e. The molecule has 0 aliphatic carbocycles. The first-order chi connectivity index (χ1) is 13.2. The highest BCUT2D eigenvalue weighted by molar-refractivity contribution is 7.18. The van der Waals surface area contributed by atoms with Gasteiger partial charge in [-0.05, 0) is 37.1 Å². The number of anilines is 1. The number of hydrogen-bond acceptors (Lipinski definition) is 4. The summed E-state index contributed by atoms with van der Waals surface area (Å²) in [5.74, 6) is 0.245. The first-order valence-electron chi connectivity index (χ1n) is 9.32. The van der Waals surface area contributed by atoms with Crippen molar-refractivity contribution < 1.29 is 4.79 Å². The molecule has 0 radical (unpaired) electrons. The molecule has 27 heavy (non-hydrogen) atoms. The van der Waals surface area contributed by atoms with E-state index in [4.69, 9.17) is 11.6 Å². The second-order valence-electron chi connectivity index (χ2n) is 6.75. The molecular formula is C21H22ClN3OS. The molecule has 0 unspecified atom stereocenters. The third-order valence-corrected chi connectivity index (χ3v) is 6.36. The highest BCUT2D eigenvalue weighted by Gasteiger charge is 2.22. The van der Waals surface area contributed by atoms with Gasteiger partial charge in [-0.25, -0.2) is 4.98 Å². The fourth-order valence-corrected chi connectivity index (χ4v) is 4.75. The maximum absolute atomic E-state index is 12.5. The molecular weight excluding hydrogens is 378 g/mol. The highest BCUT2D eigenvalue weighted by atomic mass is 35.5. The van der Waals surface area contributed by atoms with Gasteiger partial charge < -0.3 is 9.80 Å². The van der Waals surface area contributed by atoms with Crippen molar-refractivity contribution in [2.75, 3.05) is 31.1 Å². The Balaban J connectivity index is 1.25. The van der Waals surface area contributed by atoms with Crippen molar-refractivity contribution in [2.45, 2.75) is 19.3 Å². The lowest BCUT2D eigenvalue weighted by molar-refractivity contribution is -0.131. The summed E-state index contributed by atoms with van der Waals surface area (Å²) in [7, 11) is 0. The van der Waals surface area contributed by atoms with Crippen molar-refractivity contribution in [1.29, 1.82) is 0 Å². The van der Waals surface area contributed by atoms with Crippen molar-refractivity contribution in [2.24, 2.45) is 0 Å². The summed E-state index contributed by atoms with van der Waals surface area (Å²) >= 11 is 8.01. The number of aryl methyl sites for hydroxylation is 1. The summed E-state index contributed by atoms with van der Waals surface area (Å²) in [5.41, 5.74) is 2.11. The van der Waals surface area contributed by atoms with Gasteiger partial charge in [0.05, 0.1) is 25.9 Å². The molecule has 0 saturated carbocycles. The minimum Gasteiger partial charge on any atom is -0.367 e. The molecule has 4 nitrogen and oxygen atoms in total. The molecule has 2 heterocycles. The van der Waals surface area contributed by atoms with E-state index in [1.807, 2.05) is 47.4 Å². The summed E-state index contributed by atoms with van der Waals surface area (Å²) in [6, 6.07) is 16.1. The van der Waals surface area contributed by atoms with E-state index in [0.717, 1.165) is 60.3 Å². The van der Waals surface area contributed by atoms with Gasteiger partial charge in [0.2, 0.25) is 5.91 Å². The largest absolute Gasteiger partial charge is 0.367 e. The average molecular weight is 400 g/mol. The van der Waals surface area contributed by atoms with Gasteiger partial charge in [0, 0.05) is 32.6 Å². The molecule has 6 heteroatoms. The number of carbonyl (C=O) groups is 1.